The van der Waals surface area contributed by atoms with Crippen LogP contribution in [-0.2, 0) is 27.4 Å². The number of ether oxygens (including phenoxy) is 3. The van der Waals surface area contributed by atoms with E-state index in [2.05, 4.69) is 43.1 Å². The average molecular weight is 653 g/mol. The number of thiazole rings is 1. The molecule has 0 unspecified atom stereocenters. The van der Waals surface area contributed by atoms with E-state index in [-0.39, 0.29) is 31.3 Å². The van der Waals surface area contributed by atoms with Gasteiger partial charge in [-0.3, -0.25) is 0 Å². The Balaban J connectivity index is 1.23. The zero-order chi connectivity index (χ0) is 31.9. The maximum atomic E-state index is 11.9. The molecule has 1 saturated heterocycles. The first-order valence-corrected chi connectivity index (χ1v) is 17.0. The van der Waals surface area contributed by atoms with E-state index in [4.69, 9.17) is 19.2 Å². The fourth-order valence-corrected chi connectivity index (χ4v) is 7.72. The Labute approximate surface area is 277 Å². The molecule has 1 aliphatic heterocycles. The fourth-order valence-electron chi connectivity index (χ4n) is 5.46. The van der Waals surface area contributed by atoms with Crippen LogP contribution in [0.5, 0.6) is 0 Å². The van der Waals surface area contributed by atoms with Gasteiger partial charge in [-0.15, -0.1) is 11.3 Å². The minimum atomic E-state index is -0.580. The van der Waals surface area contributed by atoms with Crippen molar-refractivity contribution in [3.8, 4) is 11.1 Å². The molecule has 4 atom stereocenters. The van der Waals surface area contributed by atoms with Crippen molar-refractivity contribution in [3.05, 3.63) is 132 Å². The molecule has 0 radical (unpaired) electrons. The molecule has 4 aromatic carbocycles. The first kappa shape index (κ1) is 32.0. The predicted octanol–water partition coefficient (Wildman–Crippen LogP) is 8.45. The van der Waals surface area contributed by atoms with Crippen LogP contribution in [0.2, 0.25) is 0 Å². The Hall–Kier alpha value is -3.99. The third kappa shape index (κ3) is 7.68. The number of aliphatic hydroxyl groups excluding tert-OH is 1. The summed E-state index contributed by atoms with van der Waals surface area (Å²) in [4.78, 5) is 16.7. The van der Waals surface area contributed by atoms with E-state index in [0.29, 0.717) is 6.54 Å². The number of aromatic nitrogens is 1. The largest absolute Gasteiger partial charge is 0.445 e. The monoisotopic (exact) mass is 652 g/mol. The number of nitrogens with zero attached hydrogens (tertiary/aromatic N) is 1. The molecule has 0 saturated carbocycles. The molecule has 7 nitrogen and oxygen atoms in total. The van der Waals surface area contributed by atoms with Crippen molar-refractivity contribution in [2.24, 2.45) is 5.92 Å². The summed E-state index contributed by atoms with van der Waals surface area (Å²) < 4.78 is 20.6. The summed E-state index contributed by atoms with van der Waals surface area (Å²) in [5, 5.41) is 12.4. The van der Waals surface area contributed by atoms with Crippen LogP contribution in [0.1, 0.15) is 41.6 Å². The SMILES string of the molecule is C=CCOC(=O)NCc1cccc(-c2cccc([C@H]3O[C@@H](CSc4nc5ccccc5s4)[C@@H](C)[C@@H](c4ccc(CO)cc4)O3)c2)c1. The number of nitrogens with one attached hydrogen (secondary N) is 1. The molecule has 1 fully saturated rings. The standard InChI is InChI=1S/C37H36N2O5S2/c1-3-18-42-36(41)38-21-26-8-6-9-28(19-26)29-10-7-11-30(20-29)35-43-32(23-45-37-39-31-12-4-5-13-33(31)46-37)24(2)34(44-35)27-16-14-25(22-40)15-17-27/h3-17,19-20,24,32,34-35,40H,1,18,21-23H2,2H3,(H,38,41)/t24-,32+,34+,35+/m1/s1. The highest BCUT2D eigenvalue weighted by Gasteiger charge is 2.38. The third-order valence-corrected chi connectivity index (χ3v) is 10.2. The van der Waals surface area contributed by atoms with Crippen LogP contribution in [0, 0.1) is 5.92 Å². The molecule has 236 valence electrons. The number of carbonyl (C=O) groups is 1. The van der Waals surface area contributed by atoms with Gasteiger partial charge < -0.3 is 24.6 Å². The van der Waals surface area contributed by atoms with Crippen LogP contribution in [0.4, 0.5) is 4.79 Å². The number of hydrogen-bond donors (Lipinski definition) is 2. The minimum Gasteiger partial charge on any atom is -0.445 e. The van der Waals surface area contributed by atoms with Crippen molar-refractivity contribution in [1.29, 1.82) is 0 Å². The second-order valence-electron chi connectivity index (χ2n) is 11.1. The summed E-state index contributed by atoms with van der Waals surface area (Å²) in [6.45, 7) is 6.25. The summed E-state index contributed by atoms with van der Waals surface area (Å²) in [5.74, 6) is 0.805. The lowest BCUT2D eigenvalue weighted by Crippen LogP contribution is -2.38. The zero-order valence-corrected chi connectivity index (χ0v) is 27.1. The number of rotatable bonds is 11. The Morgan fingerprint density at radius 1 is 0.978 bits per heavy atom. The summed E-state index contributed by atoms with van der Waals surface area (Å²) in [7, 11) is 0. The number of hydrogen-bond acceptors (Lipinski definition) is 8. The Morgan fingerprint density at radius 2 is 1.76 bits per heavy atom. The lowest BCUT2D eigenvalue weighted by molar-refractivity contribution is -0.268. The molecular weight excluding hydrogens is 617 g/mol. The van der Waals surface area contributed by atoms with Crippen molar-refractivity contribution in [1.82, 2.24) is 10.3 Å². The van der Waals surface area contributed by atoms with Crippen molar-refractivity contribution in [2.45, 2.75) is 42.9 Å². The van der Waals surface area contributed by atoms with Gasteiger partial charge in [0.2, 0.25) is 0 Å². The van der Waals surface area contributed by atoms with Gasteiger partial charge in [0.05, 0.1) is 29.0 Å². The molecule has 2 N–H and O–H groups in total. The van der Waals surface area contributed by atoms with Gasteiger partial charge in [0.1, 0.15) is 6.61 Å². The number of amides is 1. The van der Waals surface area contributed by atoms with Crippen LogP contribution in [-0.4, -0.2) is 34.6 Å². The smallest absolute Gasteiger partial charge is 0.407 e. The highest BCUT2D eigenvalue weighted by molar-refractivity contribution is 8.01. The first-order valence-electron chi connectivity index (χ1n) is 15.2. The van der Waals surface area contributed by atoms with Gasteiger partial charge >= 0.3 is 6.09 Å². The molecule has 46 heavy (non-hydrogen) atoms. The van der Waals surface area contributed by atoms with E-state index in [9.17, 15) is 9.90 Å². The summed E-state index contributed by atoms with van der Waals surface area (Å²) in [6, 6.07) is 32.4. The van der Waals surface area contributed by atoms with E-state index in [1.165, 1.54) is 10.8 Å². The lowest BCUT2D eigenvalue weighted by Gasteiger charge is -2.41. The quantitative estimate of drug-likeness (QED) is 0.109. The summed E-state index contributed by atoms with van der Waals surface area (Å²) in [5.41, 5.74) is 6.84. The predicted molar refractivity (Wildman–Crippen MR) is 184 cm³/mol. The van der Waals surface area contributed by atoms with Gasteiger partial charge in [-0.05, 0) is 52.1 Å². The normalized spacial score (nSPS) is 19.5. The Bertz CT molecular complexity index is 1760. The lowest BCUT2D eigenvalue weighted by atomic mass is 9.91. The Morgan fingerprint density at radius 3 is 2.54 bits per heavy atom. The van der Waals surface area contributed by atoms with E-state index < -0.39 is 12.4 Å². The number of aliphatic hydroxyl groups is 1. The van der Waals surface area contributed by atoms with Gasteiger partial charge in [0.25, 0.3) is 0 Å². The number of alkyl carbamates (subject to hydrolysis) is 1. The second-order valence-corrected chi connectivity index (χ2v) is 13.4. The maximum absolute atomic E-state index is 11.9. The molecule has 9 heteroatoms. The van der Waals surface area contributed by atoms with Crippen LogP contribution in [0.15, 0.2) is 114 Å². The highest BCUT2D eigenvalue weighted by atomic mass is 32.2. The molecule has 0 aliphatic carbocycles. The van der Waals surface area contributed by atoms with Crippen LogP contribution in [0.3, 0.4) is 0 Å². The maximum Gasteiger partial charge on any atom is 0.407 e. The van der Waals surface area contributed by atoms with E-state index in [1.807, 2.05) is 72.8 Å². The number of carbonyl (C=O) groups excluding carboxylic acids is 1. The minimum absolute atomic E-state index is 0.00201. The van der Waals surface area contributed by atoms with Crippen molar-refractivity contribution in [3.63, 3.8) is 0 Å². The summed E-state index contributed by atoms with van der Waals surface area (Å²) >= 11 is 3.42. The van der Waals surface area contributed by atoms with Crippen molar-refractivity contribution < 1.29 is 24.1 Å². The van der Waals surface area contributed by atoms with E-state index in [0.717, 1.165) is 49.0 Å². The van der Waals surface area contributed by atoms with E-state index >= 15 is 0 Å². The molecular formula is C37H36N2O5S2. The second kappa shape index (κ2) is 15.1. The van der Waals surface area contributed by atoms with Crippen LogP contribution >= 0.6 is 23.1 Å². The Kier molecular flexibility index (Phi) is 10.5. The molecule has 0 bridgehead atoms. The molecule has 1 aliphatic rings. The van der Waals surface area contributed by atoms with Crippen molar-refractivity contribution in [2.75, 3.05) is 12.4 Å². The average Bonchev–Trinajstić information content (AvgIpc) is 3.53. The van der Waals surface area contributed by atoms with Gasteiger partial charge in [-0.2, -0.15) is 0 Å². The number of para-hydroxylation sites is 1. The highest BCUT2D eigenvalue weighted by Crippen LogP contribution is 2.44. The molecule has 1 aromatic heterocycles. The number of thioether (sulfide) groups is 1. The number of fused-ring (bicyclic) bond motifs is 1. The van der Waals surface area contributed by atoms with Crippen molar-refractivity contribution >= 4 is 39.4 Å². The van der Waals surface area contributed by atoms with Gasteiger partial charge in [0.15, 0.2) is 10.6 Å². The van der Waals surface area contributed by atoms with Gasteiger partial charge in [-0.25, -0.2) is 9.78 Å². The topological polar surface area (TPSA) is 89.9 Å². The fraction of sp³-hybridized carbons (Fsp3) is 0.243. The molecule has 0 spiro atoms. The molecule has 1 amide bonds. The van der Waals surface area contributed by atoms with Gasteiger partial charge in [0, 0.05) is 23.8 Å². The first-order chi connectivity index (χ1) is 22.5. The van der Waals surface area contributed by atoms with Crippen LogP contribution in [0.25, 0.3) is 21.3 Å². The van der Waals surface area contributed by atoms with Crippen LogP contribution < -0.4 is 5.32 Å². The van der Waals surface area contributed by atoms with Gasteiger partial charge in [-0.1, -0.05) is 104 Å². The summed E-state index contributed by atoms with van der Waals surface area (Å²) in [6.07, 6.45) is 0.170. The third-order valence-electron chi connectivity index (χ3n) is 7.96. The molecule has 6 rings (SSSR count). The zero-order valence-electron chi connectivity index (χ0n) is 25.5. The number of benzene rings is 4. The molecule has 5 aromatic rings. The van der Waals surface area contributed by atoms with E-state index in [1.54, 1.807) is 23.1 Å². The molecule has 2 heterocycles.